The number of carbonyl (C=O) groups is 2. The molecule has 1 saturated heterocycles. The molecule has 0 aliphatic carbocycles. The number of amides is 2. The minimum absolute atomic E-state index is 0.355. The number of benzene rings is 1. The molecular weight excluding hydrogens is 312 g/mol. The monoisotopic (exact) mass is 326 g/mol. The Hall–Kier alpha value is -1.56. The van der Waals surface area contributed by atoms with Crippen LogP contribution >= 0.6 is 15.9 Å². The van der Waals surface area contributed by atoms with Crippen LogP contribution in [0.1, 0.15) is 18.4 Å². The number of aliphatic carboxylic acids is 1. The molecule has 1 aliphatic rings. The highest BCUT2D eigenvalue weighted by Crippen LogP contribution is 2.22. The Morgan fingerprint density at radius 1 is 1.47 bits per heavy atom. The number of hydrogen-bond acceptors (Lipinski definition) is 2. The maximum atomic E-state index is 12.1. The van der Waals surface area contributed by atoms with Crippen LogP contribution in [0.2, 0.25) is 0 Å². The second kappa shape index (κ2) is 5.61. The summed E-state index contributed by atoms with van der Waals surface area (Å²) in [6, 6.07) is 4.40. The lowest BCUT2D eigenvalue weighted by molar-refractivity contribution is -0.141. The molecule has 19 heavy (non-hydrogen) atoms. The van der Waals surface area contributed by atoms with E-state index in [1.165, 1.54) is 4.90 Å². The van der Waals surface area contributed by atoms with Crippen molar-refractivity contribution >= 4 is 33.6 Å². The maximum absolute atomic E-state index is 12.1. The molecule has 1 heterocycles. The van der Waals surface area contributed by atoms with Crippen LogP contribution in [0.3, 0.4) is 0 Å². The molecule has 2 amide bonds. The average molecular weight is 327 g/mol. The van der Waals surface area contributed by atoms with E-state index in [2.05, 4.69) is 21.2 Å². The van der Waals surface area contributed by atoms with Gasteiger partial charge in [0.2, 0.25) is 0 Å². The van der Waals surface area contributed by atoms with E-state index in [1.807, 2.05) is 19.1 Å². The summed E-state index contributed by atoms with van der Waals surface area (Å²) in [5.41, 5.74) is 1.68. The third-order valence-electron chi connectivity index (χ3n) is 3.21. The van der Waals surface area contributed by atoms with E-state index in [-0.39, 0.29) is 6.03 Å². The summed E-state index contributed by atoms with van der Waals surface area (Å²) >= 11 is 3.39. The van der Waals surface area contributed by atoms with Crippen molar-refractivity contribution in [1.82, 2.24) is 4.90 Å². The van der Waals surface area contributed by atoms with Gasteiger partial charge in [0.15, 0.2) is 0 Å². The molecule has 1 fully saturated rings. The molecular formula is C13H15BrN2O3. The third kappa shape index (κ3) is 3.07. The average Bonchev–Trinajstić information content (AvgIpc) is 2.83. The van der Waals surface area contributed by atoms with Gasteiger partial charge in [0.1, 0.15) is 6.04 Å². The van der Waals surface area contributed by atoms with Crippen LogP contribution in [0, 0.1) is 6.92 Å². The highest BCUT2D eigenvalue weighted by atomic mass is 79.9. The zero-order valence-corrected chi connectivity index (χ0v) is 12.1. The number of hydrogen-bond donors (Lipinski definition) is 2. The Morgan fingerprint density at radius 2 is 2.21 bits per heavy atom. The summed E-state index contributed by atoms with van der Waals surface area (Å²) < 4.78 is 0.968. The highest BCUT2D eigenvalue weighted by Gasteiger charge is 2.33. The van der Waals surface area contributed by atoms with Gasteiger partial charge >= 0.3 is 12.0 Å². The summed E-state index contributed by atoms with van der Waals surface area (Å²) in [4.78, 5) is 24.5. The predicted octanol–water partition coefficient (Wildman–Crippen LogP) is 2.84. The molecule has 2 rings (SSSR count). The smallest absolute Gasteiger partial charge is 0.326 e. The number of urea groups is 1. The molecule has 0 radical (unpaired) electrons. The molecule has 0 aromatic heterocycles. The zero-order valence-electron chi connectivity index (χ0n) is 10.5. The fraction of sp³-hybridized carbons (Fsp3) is 0.385. The van der Waals surface area contributed by atoms with Crippen molar-refractivity contribution < 1.29 is 14.7 Å². The number of likely N-dealkylation sites (tertiary alicyclic amines) is 1. The molecule has 0 spiro atoms. The number of carboxylic acids is 1. The molecule has 1 aromatic rings. The van der Waals surface area contributed by atoms with Gasteiger partial charge in [-0.05, 0) is 43.5 Å². The molecule has 1 aliphatic heterocycles. The molecule has 0 bridgehead atoms. The molecule has 2 N–H and O–H groups in total. The first-order chi connectivity index (χ1) is 8.99. The second-order valence-corrected chi connectivity index (χ2v) is 5.44. The van der Waals surface area contributed by atoms with E-state index in [0.717, 1.165) is 16.5 Å². The molecule has 0 unspecified atom stereocenters. The van der Waals surface area contributed by atoms with Crippen molar-refractivity contribution in [2.75, 3.05) is 11.9 Å². The fourth-order valence-corrected chi connectivity index (χ4v) is 2.43. The first-order valence-corrected chi connectivity index (χ1v) is 6.85. The highest BCUT2D eigenvalue weighted by molar-refractivity contribution is 9.10. The largest absolute Gasteiger partial charge is 0.480 e. The normalized spacial score (nSPS) is 18.4. The summed E-state index contributed by atoms with van der Waals surface area (Å²) in [6.45, 7) is 2.41. The molecule has 0 saturated carbocycles. The van der Waals surface area contributed by atoms with Crippen molar-refractivity contribution in [3.05, 3.63) is 28.2 Å². The van der Waals surface area contributed by atoms with Gasteiger partial charge < -0.3 is 15.3 Å². The number of carbonyl (C=O) groups excluding carboxylic acids is 1. The van der Waals surface area contributed by atoms with Crippen LogP contribution < -0.4 is 5.32 Å². The summed E-state index contributed by atoms with van der Waals surface area (Å²) in [6.07, 6.45) is 1.24. The van der Waals surface area contributed by atoms with Crippen LogP contribution in [0.5, 0.6) is 0 Å². The van der Waals surface area contributed by atoms with Crippen LogP contribution in [0.15, 0.2) is 22.7 Å². The Balaban J connectivity index is 2.08. The minimum atomic E-state index is -0.945. The van der Waals surface area contributed by atoms with E-state index in [0.29, 0.717) is 18.7 Å². The SMILES string of the molecule is Cc1cc(NC(=O)N2CCC[C@H]2C(=O)O)ccc1Br. The lowest BCUT2D eigenvalue weighted by Crippen LogP contribution is -2.42. The number of rotatable bonds is 2. The van der Waals surface area contributed by atoms with Crippen molar-refractivity contribution in [3.63, 3.8) is 0 Å². The van der Waals surface area contributed by atoms with Gasteiger partial charge in [0, 0.05) is 16.7 Å². The van der Waals surface area contributed by atoms with Gasteiger partial charge in [-0.2, -0.15) is 0 Å². The lowest BCUT2D eigenvalue weighted by atomic mass is 10.2. The minimum Gasteiger partial charge on any atom is -0.480 e. The van der Waals surface area contributed by atoms with E-state index in [1.54, 1.807) is 6.07 Å². The molecule has 1 atom stereocenters. The number of halogens is 1. The lowest BCUT2D eigenvalue weighted by Gasteiger charge is -2.22. The van der Waals surface area contributed by atoms with E-state index < -0.39 is 12.0 Å². The van der Waals surface area contributed by atoms with Crippen LogP contribution in [-0.2, 0) is 4.79 Å². The predicted molar refractivity (Wildman–Crippen MR) is 75.3 cm³/mol. The third-order valence-corrected chi connectivity index (χ3v) is 4.10. The number of carboxylic acid groups (broad SMARTS) is 1. The molecule has 5 nitrogen and oxygen atoms in total. The Morgan fingerprint density at radius 3 is 2.84 bits per heavy atom. The van der Waals surface area contributed by atoms with E-state index in [4.69, 9.17) is 5.11 Å². The number of nitrogens with zero attached hydrogens (tertiary/aromatic N) is 1. The van der Waals surface area contributed by atoms with Crippen LogP contribution in [-0.4, -0.2) is 34.6 Å². The van der Waals surface area contributed by atoms with Crippen molar-refractivity contribution in [2.45, 2.75) is 25.8 Å². The van der Waals surface area contributed by atoms with E-state index >= 15 is 0 Å². The standard InChI is InChI=1S/C13H15BrN2O3/c1-8-7-9(4-5-10(8)14)15-13(19)16-6-2-3-11(16)12(17)18/h4-5,7,11H,2-3,6H2,1H3,(H,15,19)(H,17,18)/t11-/m0/s1. The fourth-order valence-electron chi connectivity index (χ4n) is 2.18. The number of anilines is 1. The summed E-state index contributed by atoms with van der Waals surface area (Å²) in [5.74, 6) is -0.945. The van der Waals surface area contributed by atoms with E-state index in [9.17, 15) is 9.59 Å². The second-order valence-electron chi connectivity index (χ2n) is 4.58. The molecule has 6 heteroatoms. The number of aryl methyl sites for hydroxylation is 1. The van der Waals surface area contributed by atoms with Gasteiger partial charge in [-0.1, -0.05) is 15.9 Å². The van der Waals surface area contributed by atoms with Gasteiger partial charge in [-0.15, -0.1) is 0 Å². The summed E-state index contributed by atoms with van der Waals surface area (Å²) in [5, 5.41) is 11.8. The van der Waals surface area contributed by atoms with Crippen molar-refractivity contribution in [1.29, 1.82) is 0 Å². The van der Waals surface area contributed by atoms with Gasteiger partial charge in [-0.3, -0.25) is 0 Å². The van der Waals surface area contributed by atoms with Crippen LogP contribution in [0.25, 0.3) is 0 Å². The number of nitrogens with one attached hydrogen (secondary N) is 1. The van der Waals surface area contributed by atoms with Crippen LogP contribution in [0.4, 0.5) is 10.5 Å². The Labute approximate surface area is 119 Å². The van der Waals surface area contributed by atoms with Crippen molar-refractivity contribution in [3.8, 4) is 0 Å². The van der Waals surface area contributed by atoms with Crippen molar-refractivity contribution in [2.24, 2.45) is 0 Å². The molecule has 1 aromatic carbocycles. The van der Waals surface area contributed by atoms with Gasteiger partial charge in [0.25, 0.3) is 0 Å². The van der Waals surface area contributed by atoms with Gasteiger partial charge in [0.05, 0.1) is 0 Å². The Kier molecular flexibility index (Phi) is 4.09. The summed E-state index contributed by atoms with van der Waals surface area (Å²) in [7, 11) is 0. The first-order valence-electron chi connectivity index (χ1n) is 6.05. The molecule has 102 valence electrons. The maximum Gasteiger partial charge on any atom is 0.326 e. The first kappa shape index (κ1) is 13.9. The van der Waals surface area contributed by atoms with Gasteiger partial charge in [-0.25, -0.2) is 9.59 Å². The topological polar surface area (TPSA) is 69.6 Å². The quantitative estimate of drug-likeness (QED) is 0.877. The zero-order chi connectivity index (χ0) is 14.0. The Bertz CT molecular complexity index is 519.